The molecule has 1 heterocycles. The smallest absolute Gasteiger partial charge is 0.311 e. The molecule has 0 aliphatic carbocycles. The standard InChI is InChI=1S/C23H23F2NO4/c1-12-20(16(22(29)30)11-23(2,3)4)15-9-19(27)17(25)10-18(15)26(12)21(28)13-6-5-7-14(24)8-13/h5-10,16,27H,11H2,1-4H3,(H,29,30)/t16-/m0/s1. The Morgan fingerprint density at radius 1 is 1.13 bits per heavy atom. The first-order chi connectivity index (χ1) is 13.9. The molecule has 158 valence electrons. The third-order valence-corrected chi connectivity index (χ3v) is 5.06. The van der Waals surface area contributed by atoms with Gasteiger partial charge in [0, 0.05) is 22.7 Å². The normalized spacial score (nSPS) is 12.9. The van der Waals surface area contributed by atoms with E-state index in [2.05, 4.69) is 0 Å². The number of carboxylic acids is 1. The highest BCUT2D eigenvalue weighted by Gasteiger charge is 2.33. The molecule has 0 aliphatic heterocycles. The molecule has 0 aliphatic rings. The molecule has 3 aromatic rings. The fourth-order valence-corrected chi connectivity index (χ4v) is 3.83. The predicted molar refractivity (Wildman–Crippen MR) is 109 cm³/mol. The Balaban J connectivity index is 2.34. The van der Waals surface area contributed by atoms with Gasteiger partial charge >= 0.3 is 5.97 Å². The van der Waals surface area contributed by atoms with Crippen molar-refractivity contribution in [1.29, 1.82) is 0 Å². The summed E-state index contributed by atoms with van der Waals surface area (Å²) in [5.74, 6) is -4.88. The Morgan fingerprint density at radius 2 is 1.80 bits per heavy atom. The van der Waals surface area contributed by atoms with Gasteiger partial charge < -0.3 is 10.2 Å². The number of phenolic OH excluding ortho intramolecular Hbond substituents is 1. The third kappa shape index (κ3) is 3.92. The molecule has 5 nitrogen and oxygen atoms in total. The number of carbonyl (C=O) groups excluding carboxylic acids is 1. The van der Waals surface area contributed by atoms with Crippen molar-refractivity contribution in [2.75, 3.05) is 0 Å². The lowest BCUT2D eigenvalue weighted by molar-refractivity contribution is -0.139. The lowest BCUT2D eigenvalue weighted by Crippen LogP contribution is -2.21. The summed E-state index contributed by atoms with van der Waals surface area (Å²) in [6.45, 7) is 7.26. The van der Waals surface area contributed by atoms with Crippen molar-refractivity contribution in [2.24, 2.45) is 5.41 Å². The summed E-state index contributed by atoms with van der Waals surface area (Å²) in [6, 6.07) is 7.21. The highest BCUT2D eigenvalue weighted by Crippen LogP contribution is 2.40. The highest BCUT2D eigenvalue weighted by molar-refractivity contribution is 6.05. The second-order valence-corrected chi connectivity index (χ2v) is 8.63. The fraction of sp³-hybridized carbons (Fsp3) is 0.304. The van der Waals surface area contributed by atoms with E-state index < -0.39 is 35.2 Å². The van der Waals surface area contributed by atoms with E-state index in [4.69, 9.17) is 0 Å². The van der Waals surface area contributed by atoms with Crippen molar-refractivity contribution >= 4 is 22.8 Å². The SMILES string of the molecule is Cc1c([C@H](CC(C)(C)C)C(=O)O)c2cc(O)c(F)cc2n1C(=O)c1cccc(F)c1. The van der Waals surface area contributed by atoms with E-state index in [9.17, 15) is 28.6 Å². The van der Waals surface area contributed by atoms with Gasteiger partial charge in [-0.05, 0) is 48.6 Å². The third-order valence-electron chi connectivity index (χ3n) is 5.06. The number of rotatable bonds is 4. The zero-order valence-electron chi connectivity index (χ0n) is 17.2. The zero-order chi connectivity index (χ0) is 22.4. The van der Waals surface area contributed by atoms with Crippen LogP contribution in [0.4, 0.5) is 8.78 Å². The molecule has 0 radical (unpaired) electrons. The number of carbonyl (C=O) groups is 2. The molecule has 2 aromatic carbocycles. The highest BCUT2D eigenvalue weighted by atomic mass is 19.1. The summed E-state index contributed by atoms with van der Waals surface area (Å²) < 4.78 is 29.0. The van der Waals surface area contributed by atoms with Crippen LogP contribution in [0.15, 0.2) is 36.4 Å². The molecule has 0 unspecified atom stereocenters. The number of hydrogen-bond donors (Lipinski definition) is 2. The molecule has 30 heavy (non-hydrogen) atoms. The summed E-state index contributed by atoms with van der Waals surface area (Å²) in [4.78, 5) is 25.3. The molecule has 1 atom stereocenters. The molecule has 2 N–H and O–H groups in total. The molecule has 7 heteroatoms. The minimum atomic E-state index is -1.09. The van der Waals surface area contributed by atoms with Gasteiger partial charge in [-0.2, -0.15) is 0 Å². The van der Waals surface area contributed by atoms with E-state index in [1.165, 1.54) is 22.8 Å². The van der Waals surface area contributed by atoms with Crippen molar-refractivity contribution < 1.29 is 28.6 Å². The maximum atomic E-state index is 14.2. The summed E-state index contributed by atoms with van der Waals surface area (Å²) in [5, 5.41) is 20.1. The lowest BCUT2D eigenvalue weighted by Gasteiger charge is -2.24. The van der Waals surface area contributed by atoms with Crippen molar-refractivity contribution in [3.8, 4) is 5.75 Å². The van der Waals surface area contributed by atoms with Crippen LogP contribution in [0.1, 0.15) is 54.7 Å². The number of halogens is 2. The second-order valence-electron chi connectivity index (χ2n) is 8.63. The Bertz CT molecular complexity index is 1160. The van der Waals surface area contributed by atoms with E-state index in [1.807, 2.05) is 20.8 Å². The van der Waals surface area contributed by atoms with Gasteiger partial charge in [0.15, 0.2) is 11.6 Å². The van der Waals surface area contributed by atoms with E-state index in [-0.39, 0.29) is 28.3 Å². The van der Waals surface area contributed by atoms with Gasteiger partial charge in [0.25, 0.3) is 5.91 Å². The molecule has 0 fully saturated rings. The Morgan fingerprint density at radius 3 is 2.37 bits per heavy atom. The number of aromatic hydroxyl groups is 1. The number of phenols is 1. The van der Waals surface area contributed by atoms with E-state index in [0.29, 0.717) is 11.3 Å². The van der Waals surface area contributed by atoms with Crippen LogP contribution in [0.2, 0.25) is 0 Å². The molecule has 3 rings (SSSR count). The lowest BCUT2D eigenvalue weighted by atomic mass is 9.80. The zero-order valence-corrected chi connectivity index (χ0v) is 17.2. The van der Waals surface area contributed by atoms with Crippen LogP contribution >= 0.6 is 0 Å². The Labute approximate surface area is 172 Å². The van der Waals surface area contributed by atoms with E-state index in [0.717, 1.165) is 18.2 Å². The summed E-state index contributed by atoms with van der Waals surface area (Å²) in [7, 11) is 0. The summed E-state index contributed by atoms with van der Waals surface area (Å²) >= 11 is 0. The van der Waals surface area contributed by atoms with Crippen LogP contribution in [0.3, 0.4) is 0 Å². The molecule has 1 aromatic heterocycles. The summed E-state index contributed by atoms with van der Waals surface area (Å²) in [5.41, 5.74) is 0.441. The van der Waals surface area contributed by atoms with Gasteiger partial charge in [0.2, 0.25) is 0 Å². The number of carboxylic acid groups (broad SMARTS) is 1. The average molecular weight is 415 g/mol. The number of aromatic nitrogens is 1. The second kappa shape index (κ2) is 7.55. The summed E-state index contributed by atoms with van der Waals surface area (Å²) in [6.07, 6.45) is 0.259. The van der Waals surface area contributed by atoms with Crippen LogP contribution in [-0.4, -0.2) is 26.7 Å². The first-order valence-electron chi connectivity index (χ1n) is 9.47. The maximum absolute atomic E-state index is 14.2. The van der Waals surface area contributed by atoms with Gasteiger partial charge in [-0.25, -0.2) is 8.78 Å². The molecular formula is C23H23F2NO4. The van der Waals surface area contributed by atoms with Gasteiger partial charge in [0.1, 0.15) is 5.82 Å². The predicted octanol–water partition coefficient (Wildman–Crippen LogP) is 5.23. The minimum Gasteiger partial charge on any atom is -0.505 e. The number of nitrogens with zero attached hydrogens (tertiary/aromatic N) is 1. The van der Waals surface area contributed by atoms with Gasteiger partial charge in [-0.3, -0.25) is 14.2 Å². The molecular weight excluding hydrogens is 392 g/mol. The Hall–Kier alpha value is -3.22. The fourth-order valence-electron chi connectivity index (χ4n) is 3.83. The Kier molecular flexibility index (Phi) is 5.41. The van der Waals surface area contributed by atoms with Gasteiger partial charge in [-0.1, -0.05) is 26.8 Å². The average Bonchev–Trinajstić information content (AvgIpc) is 2.89. The molecule has 0 saturated carbocycles. The minimum absolute atomic E-state index is 0.0396. The van der Waals surface area contributed by atoms with Crippen molar-refractivity contribution in [3.63, 3.8) is 0 Å². The van der Waals surface area contributed by atoms with Crippen LogP contribution in [0, 0.1) is 24.0 Å². The van der Waals surface area contributed by atoms with Gasteiger partial charge in [0.05, 0.1) is 11.4 Å². The van der Waals surface area contributed by atoms with Crippen LogP contribution in [-0.2, 0) is 4.79 Å². The molecule has 0 saturated heterocycles. The topological polar surface area (TPSA) is 79.5 Å². The van der Waals surface area contributed by atoms with E-state index >= 15 is 0 Å². The number of hydrogen-bond acceptors (Lipinski definition) is 3. The van der Waals surface area contributed by atoms with Crippen LogP contribution in [0.25, 0.3) is 10.9 Å². The van der Waals surface area contributed by atoms with Crippen molar-refractivity contribution in [2.45, 2.75) is 40.0 Å². The molecule has 0 bridgehead atoms. The van der Waals surface area contributed by atoms with E-state index in [1.54, 1.807) is 6.92 Å². The van der Waals surface area contributed by atoms with Crippen LogP contribution < -0.4 is 0 Å². The number of fused-ring (bicyclic) bond motifs is 1. The number of aliphatic carboxylic acids is 1. The number of benzene rings is 2. The van der Waals surface area contributed by atoms with Crippen LogP contribution in [0.5, 0.6) is 5.75 Å². The first kappa shape index (κ1) is 21.5. The molecule has 0 spiro atoms. The largest absolute Gasteiger partial charge is 0.505 e. The van der Waals surface area contributed by atoms with Crippen molar-refractivity contribution in [3.05, 3.63) is 64.9 Å². The quantitative estimate of drug-likeness (QED) is 0.612. The monoisotopic (exact) mass is 415 g/mol. The molecule has 0 amide bonds. The van der Waals surface area contributed by atoms with Crippen molar-refractivity contribution in [1.82, 2.24) is 4.57 Å². The van der Waals surface area contributed by atoms with Gasteiger partial charge in [-0.15, -0.1) is 0 Å². The maximum Gasteiger partial charge on any atom is 0.311 e. The first-order valence-corrected chi connectivity index (χ1v) is 9.47.